The van der Waals surface area contributed by atoms with Gasteiger partial charge in [-0.1, -0.05) is 42.5 Å². The van der Waals surface area contributed by atoms with Gasteiger partial charge in [0, 0.05) is 6.54 Å². The fourth-order valence-corrected chi connectivity index (χ4v) is 3.97. The fourth-order valence-electron chi connectivity index (χ4n) is 3.97. The maximum absolute atomic E-state index is 13.0. The lowest BCUT2D eigenvalue weighted by Gasteiger charge is -2.28. The van der Waals surface area contributed by atoms with Crippen LogP contribution >= 0.6 is 0 Å². The van der Waals surface area contributed by atoms with Crippen LogP contribution in [0.2, 0.25) is 0 Å². The smallest absolute Gasteiger partial charge is 0.314 e. The molecule has 0 bridgehead atoms. The molecule has 0 spiro atoms. The summed E-state index contributed by atoms with van der Waals surface area (Å²) in [5.41, 5.74) is 1.08. The van der Waals surface area contributed by atoms with Crippen molar-refractivity contribution in [3.05, 3.63) is 48.0 Å². The number of ether oxygens (including phenoxy) is 1. The van der Waals surface area contributed by atoms with Crippen LogP contribution in [-0.4, -0.2) is 36.6 Å². The second-order valence-electron chi connectivity index (χ2n) is 7.17. The number of allylic oxidation sites excluding steroid dienone is 2. The van der Waals surface area contributed by atoms with Gasteiger partial charge in [-0.2, -0.15) is 0 Å². The van der Waals surface area contributed by atoms with Gasteiger partial charge in [0.15, 0.2) is 0 Å². The molecular weight excluding hydrogens is 298 g/mol. The summed E-state index contributed by atoms with van der Waals surface area (Å²) in [4.78, 5) is 15.4. The molecule has 0 unspecified atom stereocenters. The summed E-state index contributed by atoms with van der Waals surface area (Å²) in [5, 5.41) is 0. The van der Waals surface area contributed by atoms with E-state index in [0.717, 1.165) is 44.5 Å². The highest BCUT2D eigenvalue weighted by atomic mass is 16.5. The van der Waals surface area contributed by atoms with Gasteiger partial charge in [0.1, 0.15) is 6.10 Å². The molecule has 24 heavy (non-hydrogen) atoms. The van der Waals surface area contributed by atoms with Gasteiger partial charge in [0.05, 0.1) is 5.92 Å². The van der Waals surface area contributed by atoms with Crippen LogP contribution in [0.25, 0.3) is 0 Å². The standard InChI is InChI=1S/C21H29NO2/c1-17(16-22-14-8-9-15-22)24-21(23)20(18-10-4-2-5-11-18)19-12-6-3-7-13-19/h2,4-6,10-12,17,19-20H,3,7-9,13-16H2,1H3/t17-,19+,20+/m1/s1. The molecule has 0 amide bonds. The van der Waals surface area contributed by atoms with Gasteiger partial charge < -0.3 is 4.74 Å². The Morgan fingerprint density at radius 3 is 2.62 bits per heavy atom. The summed E-state index contributed by atoms with van der Waals surface area (Å²) in [6.07, 6.45) is 10.2. The summed E-state index contributed by atoms with van der Waals surface area (Å²) in [6.45, 7) is 5.15. The van der Waals surface area contributed by atoms with Gasteiger partial charge >= 0.3 is 5.97 Å². The van der Waals surface area contributed by atoms with Crippen LogP contribution in [0.15, 0.2) is 42.5 Å². The van der Waals surface area contributed by atoms with E-state index in [-0.39, 0.29) is 23.9 Å². The molecule has 0 N–H and O–H groups in total. The fraction of sp³-hybridized carbons (Fsp3) is 0.571. The second-order valence-corrected chi connectivity index (χ2v) is 7.17. The molecule has 1 aromatic carbocycles. The average molecular weight is 327 g/mol. The average Bonchev–Trinajstić information content (AvgIpc) is 3.10. The van der Waals surface area contributed by atoms with E-state index in [4.69, 9.17) is 4.74 Å². The molecule has 1 heterocycles. The Balaban J connectivity index is 1.68. The Hall–Kier alpha value is -1.61. The quantitative estimate of drug-likeness (QED) is 0.580. The molecule has 0 radical (unpaired) electrons. The first kappa shape index (κ1) is 17.2. The summed E-state index contributed by atoms with van der Waals surface area (Å²) >= 11 is 0. The van der Waals surface area contributed by atoms with Crippen molar-refractivity contribution in [3.8, 4) is 0 Å². The molecule has 130 valence electrons. The highest BCUT2D eigenvalue weighted by Crippen LogP contribution is 2.33. The third-order valence-corrected chi connectivity index (χ3v) is 5.16. The molecule has 3 atom stereocenters. The van der Waals surface area contributed by atoms with Crippen LogP contribution in [0.4, 0.5) is 0 Å². The lowest BCUT2D eigenvalue weighted by molar-refractivity contribution is -0.152. The normalized spacial score (nSPS) is 23.8. The Morgan fingerprint density at radius 1 is 1.21 bits per heavy atom. The number of rotatable bonds is 6. The monoisotopic (exact) mass is 327 g/mol. The molecule has 1 aliphatic carbocycles. The van der Waals surface area contributed by atoms with E-state index in [1.807, 2.05) is 25.1 Å². The van der Waals surface area contributed by atoms with E-state index in [0.29, 0.717) is 0 Å². The van der Waals surface area contributed by atoms with E-state index < -0.39 is 0 Å². The molecule has 3 heteroatoms. The maximum atomic E-state index is 13.0. The molecule has 1 saturated heterocycles. The van der Waals surface area contributed by atoms with E-state index in [1.54, 1.807) is 0 Å². The van der Waals surface area contributed by atoms with Gasteiger partial charge in [0.2, 0.25) is 0 Å². The van der Waals surface area contributed by atoms with Crippen LogP contribution in [0.3, 0.4) is 0 Å². The van der Waals surface area contributed by atoms with Gasteiger partial charge in [-0.25, -0.2) is 0 Å². The largest absolute Gasteiger partial charge is 0.461 e. The van der Waals surface area contributed by atoms with Gasteiger partial charge in [-0.15, -0.1) is 0 Å². The third kappa shape index (κ3) is 4.47. The lowest BCUT2D eigenvalue weighted by atomic mass is 9.80. The first-order valence-electron chi connectivity index (χ1n) is 9.38. The summed E-state index contributed by atoms with van der Waals surface area (Å²) in [5.74, 6) is 0.0147. The SMILES string of the molecule is C[C@H](CN1CCCC1)OC(=O)[C@@H](c1ccccc1)[C@H]1C=CCCC1. The molecule has 0 saturated carbocycles. The lowest BCUT2D eigenvalue weighted by Crippen LogP contribution is -2.34. The van der Waals surface area contributed by atoms with Crippen molar-refractivity contribution in [1.82, 2.24) is 4.90 Å². The highest BCUT2D eigenvalue weighted by Gasteiger charge is 2.31. The molecule has 3 rings (SSSR count). The van der Waals surface area contributed by atoms with E-state index in [2.05, 4.69) is 29.2 Å². The number of carbonyl (C=O) groups excluding carboxylic acids is 1. The van der Waals surface area contributed by atoms with Crippen LogP contribution in [0.5, 0.6) is 0 Å². The van der Waals surface area contributed by atoms with Crippen molar-refractivity contribution in [2.75, 3.05) is 19.6 Å². The zero-order valence-electron chi connectivity index (χ0n) is 14.7. The first-order valence-corrected chi connectivity index (χ1v) is 9.38. The maximum Gasteiger partial charge on any atom is 0.314 e. The Bertz CT molecular complexity index is 548. The minimum Gasteiger partial charge on any atom is -0.461 e. The van der Waals surface area contributed by atoms with Gasteiger partial charge in [-0.05, 0) is 63.6 Å². The van der Waals surface area contributed by atoms with Crippen molar-refractivity contribution < 1.29 is 9.53 Å². The summed E-state index contributed by atoms with van der Waals surface area (Å²) in [6, 6.07) is 10.1. The molecule has 3 nitrogen and oxygen atoms in total. The topological polar surface area (TPSA) is 29.5 Å². The number of nitrogens with zero attached hydrogens (tertiary/aromatic N) is 1. The zero-order chi connectivity index (χ0) is 16.8. The Kier molecular flexibility index (Phi) is 6.08. The van der Waals surface area contributed by atoms with Crippen LogP contribution in [-0.2, 0) is 9.53 Å². The van der Waals surface area contributed by atoms with E-state index >= 15 is 0 Å². The molecule has 1 aromatic rings. The predicted molar refractivity (Wildman–Crippen MR) is 96.9 cm³/mol. The van der Waals surface area contributed by atoms with Gasteiger partial charge in [-0.3, -0.25) is 9.69 Å². The van der Waals surface area contributed by atoms with Crippen LogP contribution < -0.4 is 0 Å². The highest BCUT2D eigenvalue weighted by molar-refractivity contribution is 5.79. The predicted octanol–water partition coefficient (Wildman–Crippen LogP) is 4.15. The molecule has 1 aliphatic heterocycles. The number of hydrogen-bond acceptors (Lipinski definition) is 3. The Morgan fingerprint density at radius 2 is 1.96 bits per heavy atom. The summed E-state index contributed by atoms with van der Waals surface area (Å²) < 4.78 is 5.87. The van der Waals surface area contributed by atoms with Crippen molar-refractivity contribution in [3.63, 3.8) is 0 Å². The Labute approximate surface area is 145 Å². The van der Waals surface area contributed by atoms with Crippen molar-refractivity contribution >= 4 is 5.97 Å². The number of esters is 1. The number of benzene rings is 1. The van der Waals surface area contributed by atoms with Crippen LogP contribution in [0.1, 0.15) is 50.5 Å². The number of carbonyl (C=O) groups is 1. The minimum absolute atomic E-state index is 0.0469. The zero-order valence-corrected chi connectivity index (χ0v) is 14.7. The van der Waals surface area contributed by atoms with Crippen molar-refractivity contribution in [2.24, 2.45) is 5.92 Å². The third-order valence-electron chi connectivity index (χ3n) is 5.16. The van der Waals surface area contributed by atoms with Crippen LogP contribution in [0, 0.1) is 5.92 Å². The van der Waals surface area contributed by atoms with Gasteiger partial charge in [0.25, 0.3) is 0 Å². The minimum atomic E-state index is -0.177. The number of likely N-dealkylation sites (tertiary alicyclic amines) is 1. The first-order chi connectivity index (χ1) is 11.7. The molecular formula is C21H29NO2. The number of hydrogen-bond donors (Lipinski definition) is 0. The molecule has 1 fully saturated rings. The summed E-state index contributed by atoms with van der Waals surface area (Å²) in [7, 11) is 0. The van der Waals surface area contributed by atoms with E-state index in [9.17, 15) is 4.79 Å². The molecule has 0 aromatic heterocycles. The van der Waals surface area contributed by atoms with Crippen molar-refractivity contribution in [2.45, 2.75) is 51.0 Å². The molecule has 2 aliphatic rings. The van der Waals surface area contributed by atoms with E-state index in [1.165, 1.54) is 12.8 Å². The van der Waals surface area contributed by atoms with Crippen molar-refractivity contribution in [1.29, 1.82) is 0 Å². The second kappa shape index (κ2) is 8.48.